The Kier molecular flexibility index (Phi) is 6.66. The van der Waals surface area contributed by atoms with Gasteiger partial charge in [0.1, 0.15) is 5.75 Å². The van der Waals surface area contributed by atoms with Crippen molar-refractivity contribution in [2.75, 3.05) is 30.7 Å². The minimum absolute atomic E-state index is 0.135. The summed E-state index contributed by atoms with van der Waals surface area (Å²) < 4.78 is 31.3. The van der Waals surface area contributed by atoms with Gasteiger partial charge in [-0.1, -0.05) is 13.0 Å². The van der Waals surface area contributed by atoms with Gasteiger partial charge in [0, 0.05) is 6.07 Å². The van der Waals surface area contributed by atoms with Crippen LogP contribution in [0.4, 0.5) is 5.69 Å². The monoisotopic (exact) mass is 286 g/mol. The summed E-state index contributed by atoms with van der Waals surface area (Å²) in [5.41, 5.74) is 0.533. The summed E-state index contributed by atoms with van der Waals surface area (Å²) in [5, 5.41) is 3.17. The van der Waals surface area contributed by atoms with E-state index in [4.69, 9.17) is 4.74 Å². The van der Waals surface area contributed by atoms with E-state index in [9.17, 15) is 8.42 Å². The van der Waals surface area contributed by atoms with Crippen molar-refractivity contribution in [1.29, 1.82) is 0 Å². The van der Waals surface area contributed by atoms with Crippen LogP contribution < -0.4 is 14.8 Å². The summed E-state index contributed by atoms with van der Waals surface area (Å²) in [6.45, 7) is 3.79. The molecule has 5 nitrogen and oxygen atoms in total. The van der Waals surface area contributed by atoms with Gasteiger partial charge in [-0.05, 0) is 38.1 Å². The first-order chi connectivity index (χ1) is 9.07. The second-order valence-corrected chi connectivity index (χ2v) is 6.06. The number of benzene rings is 1. The van der Waals surface area contributed by atoms with Crippen molar-refractivity contribution in [3.63, 3.8) is 0 Å². The Morgan fingerprint density at radius 1 is 1.26 bits per heavy atom. The lowest BCUT2D eigenvalue weighted by Crippen LogP contribution is -2.19. The molecule has 19 heavy (non-hydrogen) atoms. The molecule has 2 N–H and O–H groups in total. The molecule has 0 fully saturated rings. The zero-order chi connectivity index (χ0) is 14.1. The lowest BCUT2D eigenvalue weighted by molar-refractivity contribution is 0.415. The SMILES string of the molecule is CCNCCCCS(=O)(=O)Nc1cccc(OC)c1. The zero-order valence-corrected chi connectivity index (χ0v) is 12.3. The van der Waals surface area contributed by atoms with Crippen LogP contribution in [-0.2, 0) is 10.0 Å². The molecule has 0 unspecified atom stereocenters. The lowest BCUT2D eigenvalue weighted by Gasteiger charge is -2.09. The predicted octanol–water partition coefficient (Wildman–Crippen LogP) is 1.83. The van der Waals surface area contributed by atoms with E-state index >= 15 is 0 Å². The first kappa shape index (κ1) is 15.8. The van der Waals surface area contributed by atoms with Crippen LogP contribution in [-0.4, -0.2) is 34.4 Å². The van der Waals surface area contributed by atoms with E-state index in [1.807, 2.05) is 6.92 Å². The molecule has 0 aliphatic carbocycles. The number of methoxy groups -OCH3 is 1. The average Bonchev–Trinajstić information content (AvgIpc) is 2.38. The maximum absolute atomic E-state index is 11.9. The number of hydrogen-bond donors (Lipinski definition) is 2. The van der Waals surface area contributed by atoms with E-state index in [0.29, 0.717) is 17.9 Å². The number of hydrogen-bond acceptors (Lipinski definition) is 4. The first-order valence-corrected chi connectivity index (χ1v) is 8.08. The fraction of sp³-hybridized carbons (Fsp3) is 0.538. The molecule has 0 aromatic heterocycles. The van der Waals surface area contributed by atoms with Gasteiger partial charge in [-0.3, -0.25) is 4.72 Å². The second kappa shape index (κ2) is 8.01. The maximum atomic E-state index is 11.9. The van der Waals surface area contributed by atoms with Crippen LogP contribution in [0.5, 0.6) is 5.75 Å². The van der Waals surface area contributed by atoms with Crippen LogP contribution in [0.2, 0.25) is 0 Å². The standard InChI is InChI=1S/C13H22N2O3S/c1-3-14-9-4-5-10-19(16,17)15-12-7-6-8-13(11-12)18-2/h6-8,11,14-15H,3-5,9-10H2,1-2H3. The molecule has 0 amide bonds. The number of ether oxygens (including phenoxy) is 1. The smallest absolute Gasteiger partial charge is 0.232 e. The van der Waals surface area contributed by atoms with Gasteiger partial charge in [0.15, 0.2) is 0 Å². The summed E-state index contributed by atoms with van der Waals surface area (Å²) in [5.74, 6) is 0.766. The molecule has 1 aromatic rings. The molecule has 0 radical (unpaired) electrons. The number of sulfonamides is 1. The van der Waals surface area contributed by atoms with Crippen molar-refractivity contribution in [3.8, 4) is 5.75 Å². The molecule has 108 valence electrons. The van der Waals surface area contributed by atoms with Gasteiger partial charge in [0.05, 0.1) is 18.6 Å². The summed E-state index contributed by atoms with van der Waals surface area (Å²) in [6, 6.07) is 6.89. The third-order valence-corrected chi connectivity index (χ3v) is 3.98. The van der Waals surface area contributed by atoms with Crippen LogP contribution in [0, 0.1) is 0 Å². The van der Waals surface area contributed by atoms with Gasteiger partial charge < -0.3 is 10.1 Å². The Hall–Kier alpha value is -1.27. The van der Waals surface area contributed by atoms with E-state index in [1.165, 1.54) is 0 Å². The van der Waals surface area contributed by atoms with Crippen molar-refractivity contribution in [2.24, 2.45) is 0 Å². The highest BCUT2D eigenvalue weighted by Gasteiger charge is 2.10. The molecule has 6 heteroatoms. The average molecular weight is 286 g/mol. The highest BCUT2D eigenvalue weighted by molar-refractivity contribution is 7.92. The van der Waals surface area contributed by atoms with E-state index < -0.39 is 10.0 Å². The Balaban J connectivity index is 2.45. The minimum Gasteiger partial charge on any atom is -0.497 e. The lowest BCUT2D eigenvalue weighted by atomic mass is 10.3. The fourth-order valence-corrected chi connectivity index (χ4v) is 2.81. The van der Waals surface area contributed by atoms with Gasteiger partial charge in [0.25, 0.3) is 0 Å². The van der Waals surface area contributed by atoms with Crippen molar-refractivity contribution < 1.29 is 13.2 Å². The Bertz CT molecular complexity index is 475. The highest BCUT2D eigenvalue weighted by atomic mass is 32.2. The molecule has 0 spiro atoms. The van der Waals surface area contributed by atoms with Gasteiger partial charge in [0.2, 0.25) is 10.0 Å². The van der Waals surface area contributed by atoms with E-state index in [2.05, 4.69) is 10.0 Å². The Labute approximate surface area is 115 Å². The molecule has 0 saturated carbocycles. The molecule has 1 aromatic carbocycles. The van der Waals surface area contributed by atoms with E-state index in [0.717, 1.165) is 19.5 Å². The number of anilines is 1. The Morgan fingerprint density at radius 3 is 2.74 bits per heavy atom. The normalized spacial score (nSPS) is 11.3. The molecular weight excluding hydrogens is 264 g/mol. The highest BCUT2D eigenvalue weighted by Crippen LogP contribution is 2.18. The van der Waals surface area contributed by atoms with Crippen molar-refractivity contribution in [2.45, 2.75) is 19.8 Å². The molecular formula is C13H22N2O3S. The summed E-state index contributed by atoms with van der Waals surface area (Å²) in [6.07, 6.45) is 1.50. The van der Waals surface area contributed by atoms with Crippen molar-refractivity contribution in [3.05, 3.63) is 24.3 Å². The van der Waals surface area contributed by atoms with Crippen LogP contribution in [0.15, 0.2) is 24.3 Å². The minimum atomic E-state index is -3.28. The zero-order valence-electron chi connectivity index (χ0n) is 11.5. The topological polar surface area (TPSA) is 67.4 Å². The second-order valence-electron chi connectivity index (χ2n) is 4.21. The van der Waals surface area contributed by atoms with Gasteiger partial charge in [-0.25, -0.2) is 8.42 Å². The van der Waals surface area contributed by atoms with Gasteiger partial charge in [-0.2, -0.15) is 0 Å². The van der Waals surface area contributed by atoms with Crippen LogP contribution in [0.3, 0.4) is 0 Å². The molecule has 0 aliphatic heterocycles. The first-order valence-electron chi connectivity index (χ1n) is 6.42. The summed E-state index contributed by atoms with van der Waals surface area (Å²) in [7, 11) is -1.73. The molecule has 0 heterocycles. The molecule has 0 atom stereocenters. The van der Waals surface area contributed by atoms with Gasteiger partial charge >= 0.3 is 0 Å². The Morgan fingerprint density at radius 2 is 2.05 bits per heavy atom. The van der Waals surface area contributed by atoms with Crippen LogP contribution >= 0.6 is 0 Å². The number of nitrogens with one attached hydrogen (secondary N) is 2. The van der Waals surface area contributed by atoms with E-state index in [-0.39, 0.29) is 5.75 Å². The quantitative estimate of drug-likeness (QED) is 0.680. The molecule has 1 rings (SSSR count). The maximum Gasteiger partial charge on any atom is 0.232 e. The number of unbranched alkanes of at least 4 members (excludes halogenated alkanes) is 1. The summed E-state index contributed by atoms with van der Waals surface area (Å²) in [4.78, 5) is 0. The van der Waals surface area contributed by atoms with E-state index in [1.54, 1.807) is 31.4 Å². The number of rotatable bonds is 9. The van der Waals surface area contributed by atoms with Crippen molar-refractivity contribution >= 4 is 15.7 Å². The third-order valence-electron chi connectivity index (χ3n) is 2.61. The van der Waals surface area contributed by atoms with Gasteiger partial charge in [-0.15, -0.1) is 0 Å². The fourth-order valence-electron chi connectivity index (χ4n) is 1.64. The largest absolute Gasteiger partial charge is 0.497 e. The summed E-state index contributed by atoms with van der Waals surface area (Å²) >= 11 is 0. The van der Waals surface area contributed by atoms with Crippen molar-refractivity contribution in [1.82, 2.24) is 5.32 Å². The predicted molar refractivity (Wildman–Crippen MR) is 78.2 cm³/mol. The molecule has 0 bridgehead atoms. The third kappa shape index (κ3) is 6.45. The van der Waals surface area contributed by atoms with Crippen LogP contribution in [0.1, 0.15) is 19.8 Å². The molecule has 0 saturated heterocycles. The van der Waals surface area contributed by atoms with Crippen LogP contribution in [0.25, 0.3) is 0 Å². The molecule has 0 aliphatic rings.